The van der Waals surface area contributed by atoms with Crippen molar-refractivity contribution < 1.29 is 29.0 Å². The highest BCUT2D eigenvalue weighted by Gasteiger charge is 2.45. The zero-order valence-corrected chi connectivity index (χ0v) is 16.3. The first kappa shape index (κ1) is 20.5. The van der Waals surface area contributed by atoms with E-state index < -0.39 is 35.6 Å². The van der Waals surface area contributed by atoms with E-state index in [0.29, 0.717) is 16.6 Å². The maximum atomic E-state index is 13.0. The van der Waals surface area contributed by atoms with Crippen LogP contribution in [0.25, 0.3) is 0 Å². The Morgan fingerprint density at radius 2 is 1.90 bits per heavy atom. The number of piperidine rings is 1. The third kappa shape index (κ3) is 3.73. The summed E-state index contributed by atoms with van der Waals surface area (Å²) in [7, 11) is 0.884. The molecule has 2 aromatic carbocycles. The lowest BCUT2D eigenvalue weighted by Gasteiger charge is -2.27. The lowest BCUT2D eigenvalue weighted by atomic mass is 9.87. The quantitative estimate of drug-likeness (QED) is 0.433. The van der Waals surface area contributed by atoms with Gasteiger partial charge in [-0.1, -0.05) is 35.8 Å². The maximum Gasteiger partial charge on any atom is 0.326 e. The molecule has 1 atom stereocenters. The molecule has 9 nitrogen and oxygen atoms in total. The summed E-state index contributed by atoms with van der Waals surface area (Å²) >= 11 is 0. The van der Waals surface area contributed by atoms with Gasteiger partial charge in [0.1, 0.15) is 6.04 Å². The van der Waals surface area contributed by atoms with E-state index in [1.54, 1.807) is 30.3 Å². The molecule has 0 bridgehead atoms. The monoisotopic (exact) mass is 418 g/mol. The molecule has 5 amide bonds. The lowest BCUT2D eigenvalue weighted by molar-refractivity contribution is -0.136. The van der Waals surface area contributed by atoms with Crippen molar-refractivity contribution >= 4 is 42.5 Å². The Bertz CT molecular complexity index is 1130. The molecule has 0 aromatic heterocycles. The van der Waals surface area contributed by atoms with Gasteiger partial charge >= 0.3 is 7.48 Å². The summed E-state index contributed by atoms with van der Waals surface area (Å²) < 4.78 is 0. The number of imide groups is 2. The molecule has 4 rings (SSSR count). The van der Waals surface area contributed by atoms with Crippen LogP contribution in [0, 0.1) is 0 Å². The minimum absolute atomic E-state index is 0.0166. The standard InChI is InChI=1S/C21H17BN3O6/c26-16-8-7-15(19(28)24-16)25-20(29)14-6-2-4-12(17(14)21(25)30)10-23-18(27)11-3-1-5-13(9-11)22-31/h1-6,9,15,31H,7-8,10H2,(H,23,27)(H,24,26,28). The van der Waals surface area contributed by atoms with Crippen LogP contribution < -0.4 is 16.1 Å². The van der Waals surface area contributed by atoms with Crippen molar-refractivity contribution in [2.45, 2.75) is 25.4 Å². The molecule has 1 saturated heterocycles. The number of fused-ring (bicyclic) bond motifs is 1. The minimum Gasteiger partial charge on any atom is -0.450 e. The topological polar surface area (TPSA) is 133 Å². The summed E-state index contributed by atoms with van der Waals surface area (Å²) in [6.07, 6.45) is 0.109. The summed E-state index contributed by atoms with van der Waals surface area (Å²) in [5, 5.41) is 14.0. The zero-order chi connectivity index (χ0) is 22.1. The highest BCUT2D eigenvalue weighted by atomic mass is 16.2. The number of amides is 5. The third-order valence-electron chi connectivity index (χ3n) is 5.29. The average Bonchev–Trinajstić information content (AvgIpc) is 3.03. The molecule has 0 saturated carbocycles. The molecular weight excluding hydrogens is 401 g/mol. The van der Waals surface area contributed by atoms with E-state index in [9.17, 15) is 24.0 Å². The van der Waals surface area contributed by atoms with Crippen molar-refractivity contribution in [2.75, 3.05) is 0 Å². The van der Waals surface area contributed by atoms with Gasteiger partial charge in [0.05, 0.1) is 11.1 Å². The number of carbonyl (C=O) groups excluding carboxylic acids is 5. The van der Waals surface area contributed by atoms with Crippen molar-refractivity contribution in [2.24, 2.45) is 0 Å². The Hall–Kier alpha value is -3.79. The van der Waals surface area contributed by atoms with Gasteiger partial charge in [0.25, 0.3) is 17.7 Å². The van der Waals surface area contributed by atoms with Crippen LogP contribution in [0.4, 0.5) is 0 Å². The van der Waals surface area contributed by atoms with Crippen LogP contribution in [-0.4, -0.2) is 53.0 Å². The van der Waals surface area contributed by atoms with E-state index >= 15 is 0 Å². The van der Waals surface area contributed by atoms with Gasteiger partial charge < -0.3 is 10.3 Å². The SMILES string of the molecule is O=C1CCC(N2C(=O)c3cccc(CNC(=O)c4cccc([B]O)c4)c3C2=O)C(=O)N1. The molecule has 0 aliphatic carbocycles. The van der Waals surface area contributed by atoms with E-state index in [4.69, 9.17) is 5.02 Å². The summed E-state index contributed by atoms with van der Waals surface area (Å²) in [6, 6.07) is 10.0. The van der Waals surface area contributed by atoms with Crippen molar-refractivity contribution in [3.8, 4) is 0 Å². The molecule has 1 fully saturated rings. The van der Waals surface area contributed by atoms with Crippen LogP contribution in [0.5, 0.6) is 0 Å². The number of nitrogens with one attached hydrogen (secondary N) is 2. The first-order valence-electron chi connectivity index (χ1n) is 9.60. The van der Waals surface area contributed by atoms with Gasteiger partial charge in [-0.25, -0.2) is 0 Å². The molecule has 10 heteroatoms. The Labute approximate surface area is 177 Å². The zero-order valence-electron chi connectivity index (χ0n) is 16.3. The summed E-state index contributed by atoms with van der Waals surface area (Å²) in [4.78, 5) is 62.8. The Morgan fingerprint density at radius 3 is 2.65 bits per heavy atom. The molecule has 2 aliphatic rings. The highest BCUT2D eigenvalue weighted by molar-refractivity contribution is 6.45. The maximum absolute atomic E-state index is 13.0. The van der Waals surface area contributed by atoms with Gasteiger partial charge in [-0.15, -0.1) is 0 Å². The van der Waals surface area contributed by atoms with Crippen molar-refractivity contribution in [1.29, 1.82) is 0 Å². The molecule has 1 unspecified atom stereocenters. The fraction of sp³-hybridized carbons (Fsp3) is 0.190. The Balaban J connectivity index is 1.55. The van der Waals surface area contributed by atoms with E-state index in [2.05, 4.69) is 10.6 Å². The van der Waals surface area contributed by atoms with E-state index in [1.807, 2.05) is 0 Å². The van der Waals surface area contributed by atoms with Gasteiger partial charge in [0.15, 0.2) is 0 Å². The number of rotatable bonds is 5. The van der Waals surface area contributed by atoms with Crippen molar-refractivity contribution in [3.05, 3.63) is 64.7 Å². The van der Waals surface area contributed by atoms with E-state index in [0.717, 1.165) is 12.4 Å². The molecule has 31 heavy (non-hydrogen) atoms. The molecule has 0 spiro atoms. The lowest BCUT2D eigenvalue weighted by Crippen LogP contribution is -2.54. The summed E-state index contributed by atoms with van der Waals surface area (Å²) in [5.41, 5.74) is 1.51. The summed E-state index contributed by atoms with van der Waals surface area (Å²) in [6.45, 7) is -0.0166. The second kappa shape index (κ2) is 8.15. The number of nitrogens with zero attached hydrogens (tertiary/aromatic N) is 1. The predicted molar refractivity (Wildman–Crippen MR) is 108 cm³/mol. The van der Waals surface area contributed by atoms with Gasteiger partial charge in [0.2, 0.25) is 11.8 Å². The van der Waals surface area contributed by atoms with Gasteiger partial charge in [-0.2, -0.15) is 0 Å². The molecule has 1 radical (unpaired) electrons. The molecule has 2 heterocycles. The van der Waals surface area contributed by atoms with Crippen molar-refractivity contribution in [1.82, 2.24) is 15.5 Å². The molecule has 3 N–H and O–H groups in total. The molecule has 2 aromatic rings. The van der Waals surface area contributed by atoms with Crippen LogP contribution in [-0.2, 0) is 16.1 Å². The van der Waals surface area contributed by atoms with Crippen LogP contribution >= 0.6 is 0 Å². The van der Waals surface area contributed by atoms with Crippen molar-refractivity contribution in [3.63, 3.8) is 0 Å². The first-order valence-corrected chi connectivity index (χ1v) is 9.60. The van der Waals surface area contributed by atoms with Crippen LogP contribution in [0.1, 0.15) is 49.5 Å². The van der Waals surface area contributed by atoms with Crippen LogP contribution in [0.2, 0.25) is 0 Å². The average molecular weight is 418 g/mol. The van der Waals surface area contributed by atoms with Crippen LogP contribution in [0.3, 0.4) is 0 Å². The summed E-state index contributed by atoms with van der Waals surface area (Å²) in [5.74, 6) is -2.77. The Morgan fingerprint density at radius 1 is 1.13 bits per heavy atom. The van der Waals surface area contributed by atoms with Gasteiger partial charge in [0, 0.05) is 18.5 Å². The van der Waals surface area contributed by atoms with E-state index in [1.165, 1.54) is 12.1 Å². The van der Waals surface area contributed by atoms with Gasteiger partial charge in [-0.3, -0.25) is 34.2 Å². The third-order valence-corrected chi connectivity index (χ3v) is 5.29. The highest BCUT2D eigenvalue weighted by Crippen LogP contribution is 2.29. The molecule has 2 aliphatic heterocycles. The normalized spacial score (nSPS) is 18.0. The minimum atomic E-state index is -1.05. The number of benzene rings is 2. The fourth-order valence-corrected chi connectivity index (χ4v) is 3.77. The predicted octanol–water partition coefficient (Wildman–Crippen LogP) is -0.745. The largest absolute Gasteiger partial charge is 0.450 e. The smallest absolute Gasteiger partial charge is 0.326 e. The van der Waals surface area contributed by atoms with Gasteiger partial charge in [-0.05, 0) is 24.1 Å². The number of hydrogen-bond acceptors (Lipinski definition) is 6. The molecular formula is C21H17BN3O6. The van der Waals surface area contributed by atoms with Crippen LogP contribution in [0.15, 0.2) is 42.5 Å². The number of carbonyl (C=O) groups is 5. The first-order chi connectivity index (χ1) is 14.9. The second-order valence-corrected chi connectivity index (χ2v) is 7.22. The number of hydrogen-bond donors (Lipinski definition) is 3. The molecule has 155 valence electrons. The second-order valence-electron chi connectivity index (χ2n) is 7.22. The van der Waals surface area contributed by atoms with E-state index in [-0.39, 0.29) is 30.5 Å². The fourth-order valence-electron chi connectivity index (χ4n) is 3.77. The Kier molecular flexibility index (Phi) is 5.39.